The van der Waals surface area contributed by atoms with Crippen LogP contribution >= 0.6 is 0 Å². The van der Waals surface area contributed by atoms with Gasteiger partial charge >= 0.3 is 0 Å². The third kappa shape index (κ3) is 1.31. The summed E-state index contributed by atoms with van der Waals surface area (Å²) in [4.78, 5) is 7.05. The fourth-order valence-electron chi connectivity index (χ4n) is 1.32. The molecule has 0 amide bonds. The fraction of sp³-hybridized carbons (Fsp3) is 0.100. The standard InChI is InChI=1S/C10H10N2O2/c1-6-10(12-5-11-6)7-2-3-8(13)9(14)4-7/h2-5,13-14H,1H3,(H,11,12). The molecule has 0 aliphatic carbocycles. The summed E-state index contributed by atoms with van der Waals surface area (Å²) in [7, 11) is 0. The number of aromatic nitrogens is 2. The Balaban J connectivity index is 2.53. The van der Waals surface area contributed by atoms with Gasteiger partial charge in [-0.3, -0.25) is 0 Å². The largest absolute Gasteiger partial charge is 0.504 e. The lowest BCUT2D eigenvalue weighted by molar-refractivity contribution is 0.404. The first-order valence-corrected chi connectivity index (χ1v) is 4.21. The Morgan fingerprint density at radius 3 is 2.57 bits per heavy atom. The lowest BCUT2D eigenvalue weighted by Crippen LogP contribution is -1.81. The molecule has 0 saturated carbocycles. The summed E-state index contributed by atoms with van der Waals surface area (Å²) in [6.07, 6.45) is 1.59. The Morgan fingerprint density at radius 1 is 1.21 bits per heavy atom. The van der Waals surface area contributed by atoms with Gasteiger partial charge in [-0.2, -0.15) is 0 Å². The number of nitrogens with one attached hydrogen (secondary N) is 1. The monoisotopic (exact) mass is 190 g/mol. The van der Waals surface area contributed by atoms with Crippen LogP contribution < -0.4 is 0 Å². The Bertz CT molecular complexity index is 463. The van der Waals surface area contributed by atoms with Gasteiger partial charge in [0.15, 0.2) is 11.5 Å². The molecule has 0 unspecified atom stereocenters. The van der Waals surface area contributed by atoms with E-state index in [0.29, 0.717) is 0 Å². The van der Waals surface area contributed by atoms with Gasteiger partial charge in [0, 0.05) is 11.3 Å². The molecule has 2 rings (SSSR count). The zero-order valence-electron chi connectivity index (χ0n) is 7.65. The first-order chi connectivity index (χ1) is 6.68. The molecule has 14 heavy (non-hydrogen) atoms. The van der Waals surface area contributed by atoms with Crippen LogP contribution in [0.2, 0.25) is 0 Å². The van der Waals surface area contributed by atoms with Crippen LogP contribution in [0.15, 0.2) is 24.5 Å². The molecule has 1 aromatic carbocycles. The average molecular weight is 190 g/mol. The topological polar surface area (TPSA) is 69.1 Å². The zero-order valence-corrected chi connectivity index (χ0v) is 7.65. The van der Waals surface area contributed by atoms with E-state index >= 15 is 0 Å². The number of aromatic amines is 1. The zero-order chi connectivity index (χ0) is 10.1. The van der Waals surface area contributed by atoms with Crippen molar-refractivity contribution in [2.45, 2.75) is 6.92 Å². The maximum atomic E-state index is 9.30. The van der Waals surface area contributed by atoms with E-state index in [0.717, 1.165) is 17.0 Å². The maximum absolute atomic E-state index is 9.30. The van der Waals surface area contributed by atoms with E-state index in [2.05, 4.69) is 9.97 Å². The Hall–Kier alpha value is -1.97. The van der Waals surface area contributed by atoms with Crippen molar-refractivity contribution in [3.63, 3.8) is 0 Å². The number of hydrogen-bond acceptors (Lipinski definition) is 3. The number of H-pyrrole nitrogens is 1. The number of phenolic OH excluding ortho intramolecular Hbond substituents is 2. The molecule has 1 aromatic heterocycles. The second-order valence-electron chi connectivity index (χ2n) is 3.08. The Kier molecular flexibility index (Phi) is 1.89. The molecule has 4 nitrogen and oxygen atoms in total. The molecule has 2 aromatic rings. The van der Waals surface area contributed by atoms with Crippen molar-refractivity contribution in [2.75, 3.05) is 0 Å². The van der Waals surface area contributed by atoms with Crippen LogP contribution in [0, 0.1) is 6.92 Å². The number of hydrogen-bond donors (Lipinski definition) is 3. The second-order valence-corrected chi connectivity index (χ2v) is 3.08. The smallest absolute Gasteiger partial charge is 0.158 e. The van der Waals surface area contributed by atoms with E-state index in [-0.39, 0.29) is 11.5 Å². The summed E-state index contributed by atoms with van der Waals surface area (Å²) in [6, 6.07) is 4.63. The highest BCUT2D eigenvalue weighted by Crippen LogP contribution is 2.30. The van der Waals surface area contributed by atoms with Crippen LogP contribution in [0.3, 0.4) is 0 Å². The molecule has 72 valence electrons. The molecule has 0 aliphatic heterocycles. The Morgan fingerprint density at radius 2 is 2.00 bits per heavy atom. The second kappa shape index (κ2) is 3.06. The molecule has 3 N–H and O–H groups in total. The molecule has 0 saturated heterocycles. The van der Waals surface area contributed by atoms with Crippen molar-refractivity contribution >= 4 is 0 Å². The van der Waals surface area contributed by atoms with Gasteiger partial charge in [0.2, 0.25) is 0 Å². The van der Waals surface area contributed by atoms with Gasteiger partial charge < -0.3 is 15.2 Å². The summed E-state index contributed by atoms with van der Waals surface area (Å²) >= 11 is 0. The maximum Gasteiger partial charge on any atom is 0.158 e. The number of phenols is 2. The molecular formula is C10H10N2O2. The first kappa shape index (κ1) is 8.62. The third-order valence-corrected chi connectivity index (χ3v) is 2.08. The predicted molar refractivity (Wildman–Crippen MR) is 52.1 cm³/mol. The first-order valence-electron chi connectivity index (χ1n) is 4.21. The molecule has 0 fully saturated rings. The van der Waals surface area contributed by atoms with Crippen LogP contribution in [0.5, 0.6) is 11.5 Å². The molecular weight excluding hydrogens is 180 g/mol. The molecule has 0 spiro atoms. The van der Waals surface area contributed by atoms with Crippen molar-refractivity contribution in [3.8, 4) is 22.8 Å². The van der Waals surface area contributed by atoms with Crippen molar-refractivity contribution in [3.05, 3.63) is 30.2 Å². The molecule has 1 heterocycles. The van der Waals surface area contributed by atoms with Gasteiger partial charge in [-0.15, -0.1) is 0 Å². The van der Waals surface area contributed by atoms with Crippen LogP contribution in [0.4, 0.5) is 0 Å². The quantitative estimate of drug-likeness (QED) is 0.600. The average Bonchev–Trinajstić information content (AvgIpc) is 2.57. The van der Waals surface area contributed by atoms with Gasteiger partial charge in [-0.25, -0.2) is 4.98 Å². The summed E-state index contributed by atoms with van der Waals surface area (Å²) < 4.78 is 0. The summed E-state index contributed by atoms with van der Waals surface area (Å²) in [5, 5.41) is 18.4. The van der Waals surface area contributed by atoms with E-state index in [1.165, 1.54) is 12.1 Å². The van der Waals surface area contributed by atoms with E-state index in [9.17, 15) is 5.11 Å². The molecule has 0 atom stereocenters. The summed E-state index contributed by atoms with van der Waals surface area (Å²) in [5.41, 5.74) is 2.48. The van der Waals surface area contributed by atoms with E-state index in [1.807, 2.05) is 6.92 Å². The van der Waals surface area contributed by atoms with Crippen LogP contribution in [0.25, 0.3) is 11.3 Å². The highest BCUT2D eigenvalue weighted by Gasteiger charge is 2.06. The van der Waals surface area contributed by atoms with Crippen molar-refractivity contribution in [1.29, 1.82) is 0 Å². The number of nitrogens with zero attached hydrogens (tertiary/aromatic N) is 1. The molecule has 0 bridgehead atoms. The minimum Gasteiger partial charge on any atom is -0.504 e. The van der Waals surface area contributed by atoms with Crippen molar-refractivity contribution in [1.82, 2.24) is 9.97 Å². The highest BCUT2D eigenvalue weighted by molar-refractivity contribution is 5.65. The molecule has 0 aliphatic rings. The number of aromatic hydroxyl groups is 2. The Labute approximate surface area is 80.9 Å². The minimum atomic E-state index is -0.134. The molecule has 4 heteroatoms. The van der Waals surface area contributed by atoms with E-state index in [4.69, 9.17) is 5.11 Å². The van der Waals surface area contributed by atoms with Crippen LogP contribution in [0.1, 0.15) is 5.69 Å². The van der Waals surface area contributed by atoms with Crippen LogP contribution in [-0.2, 0) is 0 Å². The van der Waals surface area contributed by atoms with Crippen molar-refractivity contribution in [2.24, 2.45) is 0 Å². The number of benzene rings is 1. The summed E-state index contributed by atoms with van der Waals surface area (Å²) in [5.74, 6) is -0.258. The third-order valence-electron chi connectivity index (χ3n) is 2.08. The van der Waals surface area contributed by atoms with Gasteiger partial charge in [0.25, 0.3) is 0 Å². The SMILES string of the molecule is Cc1[nH]cnc1-c1ccc(O)c(O)c1. The van der Waals surface area contributed by atoms with Gasteiger partial charge in [0.1, 0.15) is 0 Å². The van der Waals surface area contributed by atoms with E-state index in [1.54, 1.807) is 12.4 Å². The normalized spacial score (nSPS) is 10.4. The van der Waals surface area contributed by atoms with Gasteiger partial charge in [-0.05, 0) is 25.1 Å². The number of imidazole rings is 1. The predicted octanol–water partition coefficient (Wildman–Crippen LogP) is 1.80. The van der Waals surface area contributed by atoms with Gasteiger partial charge in [0.05, 0.1) is 12.0 Å². The number of aryl methyl sites for hydroxylation is 1. The highest BCUT2D eigenvalue weighted by atomic mass is 16.3. The fourth-order valence-corrected chi connectivity index (χ4v) is 1.32. The van der Waals surface area contributed by atoms with Crippen molar-refractivity contribution < 1.29 is 10.2 Å². The lowest BCUT2D eigenvalue weighted by atomic mass is 10.1. The van der Waals surface area contributed by atoms with Gasteiger partial charge in [-0.1, -0.05) is 0 Å². The minimum absolute atomic E-state index is 0.123. The molecule has 0 radical (unpaired) electrons. The van der Waals surface area contributed by atoms with E-state index < -0.39 is 0 Å². The van der Waals surface area contributed by atoms with Crippen LogP contribution in [-0.4, -0.2) is 20.2 Å². The summed E-state index contributed by atoms with van der Waals surface area (Å²) in [6.45, 7) is 1.90. The number of rotatable bonds is 1. The lowest BCUT2D eigenvalue weighted by Gasteiger charge is -2.01.